The molecule has 0 radical (unpaired) electrons. The maximum Gasteiger partial charge on any atom is 0.191 e. The summed E-state index contributed by atoms with van der Waals surface area (Å²) < 4.78 is 18.2. The van der Waals surface area contributed by atoms with Gasteiger partial charge in [-0.25, -0.2) is 0 Å². The summed E-state index contributed by atoms with van der Waals surface area (Å²) in [4.78, 5) is 0. The molecule has 0 amide bonds. The molecule has 0 aliphatic carbocycles. The normalized spacial score (nSPS) is 15.0. The van der Waals surface area contributed by atoms with Crippen molar-refractivity contribution in [2.45, 2.75) is 71.9 Å². The molecule has 0 aromatic heterocycles. The predicted molar refractivity (Wildman–Crippen MR) is 117 cm³/mol. The van der Waals surface area contributed by atoms with Crippen LogP contribution in [-0.4, -0.2) is 27.8 Å². The number of ether oxygens (including phenoxy) is 2. The monoisotopic (exact) mass is 392 g/mol. The summed E-state index contributed by atoms with van der Waals surface area (Å²) in [5.74, 6) is 0.649. The van der Waals surface area contributed by atoms with Gasteiger partial charge in [-0.05, 0) is 36.0 Å². The van der Waals surface area contributed by atoms with Crippen molar-refractivity contribution in [3.8, 4) is 0 Å². The smallest absolute Gasteiger partial charge is 0.191 e. The van der Waals surface area contributed by atoms with Gasteiger partial charge in [-0.1, -0.05) is 71.0 Å². The van der Waals surface area contributed by atoms with E-state index in [1.54, 1.807) is 0 Å². The van der Waals surface area contributed by atoms with Crippen molar-refractivity contribution in [2.75, 3.05) is 13.4 Å². The lowest BCUT2D eigenvalue weighted by Crippen LogP contribution is -2.41. The molecular formula is C23H40O3Si. The first-order valence-corrected chi connectivity index (χ1v) is 13.0. The minimum Gasteiger partial charge on any atom is -0.417 e. The molecule has 0 unspecified atom stereocenters. The first-order valence-electron chi connectivity index (χ1n) is 10.1. The van der Waals surface area contributed by atoms with E-state index >= 15 is 0 Å². The van der Waals surface area contributed by atoms with Crippen LogP contribution in [0.5, 0.6) is 0 Å². The van der Waals surface area contributed by atoms with Gasteiger partial charge in [-0.3, -0.25) is 0 Å². The number of hydrogen-bond acceptors (Lipinski definition) is 3. The van der Waals surface area contributed by atoms with Crippen molar-refractivity contribution in [1.29, 1.82) is 0 Å². The van der Waals surface area contributed by atoms with Crippen molar-refractivity contribution in [3.05, 3.63) is 48.6 Å². The fourth-order valence-corrected chi connectivity index (χ4v) is 3.81. The molecule has 0 N–H and O–H groups in total. The fourth-order valence-electron chi connectivity index (χ4n) is 2.75. The van der Waals surface area contributed by atoms with Gasteiger partial charge >= 0.3 is 0 Å². The summed E-state index contributed by atoms with van der Waals surface area (Å²) in [6.07, 6.45) is 3.02. The standard InChI is InChI=1S/C23H40O3Si/c1-9-21(15-16-26-27(7,8)23(4,5)6)22(19(2)3)25-18-24-17-20-13-11-10-12-14-20/h9-14,19,21-22H,1,15-18H2,2-8H3/t21-,22+/m0/s1. The second-order valence-electron chi connectivity index (χ2n) is 9.12. The van der Waals surface area contributed by atoms with Crippen LogP contribution < -0.4 is 0 Å². The zero-order chi connectivity index (χ0) is 20.5. The summed E-state index contributed by atoms with van der Waals surface area (Å²) in [6.45, 7) is 21.4. The maximum absolute atomic E-state index is 6.34. The average Bonchev–Trinajstić information content (AvgIpc) is 2.59. The molecule has 2 atom stereocenters. The van der Waals surface area contributed by atoms with Crippen LogP contribution in [0.2, 0.25) is 18.1 Å². The molecule has 1 rings (SSSR count). The van der Waals surface area contributed by atoms with Crippen molar-refractivity contribution in [1.82, 2.24) is 0 Å². The molecule has 3 nitrogen and oxygen atoms in total. The molecule has 0 spiro atoms. The highest BCUT2D eigenvalue weighted by atomic mass is 28.4. The van der Waals surface area contributed by atoms with Gasteiger partial charge in [-0.2, -0.15) is 0 Å². The van der Waals surface area contributed by atoms with E-state index in [1.165, 1.54) is 0 Å². The summed E-state index contributed by atoms with van der Waals surface area (Å²) in [6, 6.07) is 10.2. The minimum absolute atomic E-state index is 0.0845. The van der Waals surface area contributed by atoms with Crippen molar-refractivity contribution >= 4 is 8.32 Å². The topological polar surface area (TPSA) is 27.7 Å². The maximum atomic E-state index is 6.34. The summed E-state index contributed by atoms with van der Waals surface area (Å²) in [5, 5.41) is 0.232. The average molecular weight is 393 g/mol. The molecule has 0 saturated carbocycles. The van der Waals surface area contributed by atoms with Gasteiger partial charge < -0.3 is 13.9 Å². The molecule has 0 fully saturated rings. The van der Waals surface area contributed by atoms with Gasteiger partial charge in [-0.15, -0.1) is 6.58 Å². The third-order valence-corrected chi connectivity index (χ3v) is 10.1. The molecule has 154 valence electrons. The summed E-state index contributed by atoms with van der Waals surface area (Å²) >= 11 is 0. The third kappa shape index (κ3) is 8.30. The zero-order valence-corrected chi connectivity index (χ0v) is 19.5. The molecule has 0 heterocycles. The molecule has 27 heavy (non-hydrogen) atoms. The SMILES string of the molecule is C=C[C@@H](CCO[Si](C)(C)C(C)(C)C)[C@H](OCOCc1ccccc1)C(C)C. The second kappa shape index (κ2) is 11.2. The molecule has 1 aromatic rings. The molecule has 1 aromatic carbocycles. The Morgan fingerprint density at radius 3 is 2.26 bits per heavy atom. The van der Waals surface area contributed by atoms with Gasteiger partial charge in [0.1, 0.15) is 6.79 Å². The van der Waals surface area contributed by atoms with Gasteiger partial charge in [0.2, 0.25) is 0 Å². The lowest BCUT2D eigenvalue weighted by atomic mass is 9.91. The van der Waals surface area contributed by atoms with E-state index in [2.05, 4.69) is 66.4 Å². The van der Waals surface area contributed by atoms with Gasteiger partial charge in [0, 0.05) is 12.5 Å². The molecule has 0 saturated heterocycles. The zero-order valence-electron chi connectivity index (χ0n) is 18.5. The van der Waals surface area contributed by atoms with E-state index in [0.29, 0.717) is 19.3 Å². The molecule has 0 aliphatic rings. The van der Waals surface area contributed by atoms with Gasteiger partial charge in [0.15, 0.2) is 8.32 Å². The van der Waals surface area contributed by atoms with Gasteiger partial charge in [0.25, 0.3) is 0 Å². The van der Waals surface area contributed by atoms with E-state index < -0.39 is 8.32 Å². The van der Waals surface area contributed by atoms with Crippen LogP contribution >= 0.6 is 0 Å². The van der Waals surface area contributed by atoms with Crippen molar-refractivity contribution in [3.63, 3.8) is 0 Å². The Labute approximate surface area is 168 Å². The van der Waals surface area contributed by atoms with E-state index in [9.17, 15) is 0 Å². The fraction of sp³-hybridized carbons (Fsp3) is 0.652. The van der Waals surface area contributed by atoms with Crippen LogP contribution in [0, 0.1) is 11.8 Å². The first kappa shape index (κ1) is 24.1. The Bertz CT molecular complexity index is 534. The number of rotatable bonds is 12. The van der Waals surface area contributed by atoms with Crippen LogP contribution in [-0.2, 0) is 20.5 Å². The molecule has 4 heteroatoms. The Morgan fingerprint density at radius 2 is 1.74 bits per heavy atom. The van der Waals surface area contributed by atoms with Crippen LogP contribution in [0.4, 0.5) is 0 Å². The largest absolute Gasteiger partial charge is 0.417 e. The van der Waals surface area contributed by atoms with Crippen molar-refractivity contribution < 1.29 is 13.9 Å². The number of benzene rings is 1. The number of hydrogen-bond donors (Lipinski definition) is 0. The first-order chi connectivity index (χ1) is 12.6. The Morgan fingerprint density at radius 1 is 1.11 bits per heavy atom. The van der Waals surface area contributed by atoms with E-state index in [-0.39, 0.29) is 17.1 Å². The summed E-state index contributed by atoms with van der Waals surface area (Å²) in [7, 11) is -1.71. The molecular weight excluding hydrogens is 352 g/mol. The van der Waals surface area contributed by atoms with Gasteiger partial charge in [0.05, 0.1) is 12.7 Å². The van der Waals surface area contributed by atoms with E-state index in [4.69, 9.17) is 13.9 Å². The Hall–Kier alpha value is -0.943. The minimum atomic E-state index is -1.71. The summed E-state index contributed by atoms with van der Waals surface area (Å²) in [5.41, 5.74) is 1.16. The predicted octanol–water partition coefficient (Wildman–Crippen LogP) is 6.42. The lowest BCUT2D eigenvalue weighted by Gasteiger charge is -2.37. The second-order valence-corrected chi connectivity index (χ2v) is 13.9. The highest BCUT2D eigenvalue weighted by molar-refractivity contribution is 6.74. The molecule has 0 aliphatic heterocycles. The van der Waals surface area contributed by atoms with E-state index in [1.807, 2.05) is 24.3 Å². The van der Waals surface area contributed by atoms with Crippen LogP contribution in [0.25, 0.3) is 0 Å². The van der Waals surface area contributed by atoms with Crippen LogP contribution in [0.15, 0.2) is 43.0 Å². The highest BCUT2D eigenvalue weighted by Crippen LogP contribution is 2.37. The molecule has 0 bridgehead atoms. The van der Waals surface area contributed by atoms with Crippen LogP contribution in [0.3, 0.4) is 0 Å². The highest BCUT2D eigenvalue weighted by Gasteiger charge is 2.37. The van der Waals surface area contributed by atoms with Crippen molar-refractivity contribution in [2.24, 2.45) is 11.8 Å². The van der Waals surface area contributed by atoms with Crippen LogP contribution in [0.1, 0.15) is 46.6 Å². The quantitative estimate of drug-likeness (QED) is 0.178. The van der Waals surface area contributed by atoms with E-state index in [0.717, 1.165) is 18.6 Å². The Balaban J connectivity index is 2.49. The lowest BCUT2D eigenvalue weighted by molar-refractivity contribution is -0.122. The Kier molecular flexibility index (Phi) is 9.95. The third-order valence-electron chi connectivity index (χ3n) is 5.56.